The fourth-order valence-corrected chi connectivity index (χ4v) is 2.32. The van der Waals surface area contributed by atoms with Crippen LogP contribution >= 0.6 is 0 Å². The summed E-state index contributed by atoms with van der Waals surface area (Å²) in [5.74, 6) is 1.07. The first-order valence-corrected chi connectivity index (χ1v) is 6.78. The third kappa shape index (κ3) is 2.87. The number of ether oxygens (including phenoxy) is 1. The fraction of sp³-hybridized carbons (Fsp3) is 0.429. The average Bonchev–Trinajstić information content (AvgIpc) is 2.98. The minimum Gasteiger partial charge on any atom is -0.379 e. The Morgan fingerprint density at radius 3 is 2.75 bits per heavy atom. The molecule has 106 valence electrons. The number of rotatable bonds is 4. The molecule has 1 aliphatic heterocycles. The molecular formula is C14H18N4O2. The highest BCUT2D eigenvalue weighted by Crippen LogP contribution is 2.22. The second-order valence-electron chi connectivity index (χ2n) is 4.76. The Bertz CT molecular complexity index is 564. The van der Waals surface area contributed by atoms with Crippen LogP contribution in [0.5, 0.6) is 0 Å². The van der Waals surface area contributed by atoms with Crippen molar-refractivity contribution >= 4 is 0 Å². The van der Waals surface area contributed by atoms with Gasteiger partial charge in [0.1, 0.15) is 0 Å². The van der Waals surface area contributed by atoms with E-state index in [1.54, 1.807) is 0 Å². The normalized spacial score (nSPS) is 16.4. The molecule has 1 aliphatic rings. The van der Waals surface area contributed by atoms with E-state index in [9.17, 15) is 0 Å². The molecule has 0 bridgehead atoms. The summed E-state index contributed by atoms with van der Waals surface area (Å²) in [5, 5.41) is 4.00. The van der Waals surface area contributed by atoms with Gasteiger partial charge in [0.25, 0.3) is 0 Å². The van der Waals surface area contributed by atoms with E-state index in [0.29, 0.717) is 11.7 Å². The molecule has 6 heteroatoms. The maximum absolute atomic E-state index is 5.51. The van der Waals surface area contributed by atoms with Crippen molar-refractivity contribution in [3.05, 3.63) is 35.7 Å². The molecular weight excluding hydrogens is 256 g/mol. The summed E-state index contributed by atoms with van der Waals surface area (Å²) in [6.45, 7) is 4.62. The Morgan fingerprint density at radius 1 is 1.20 bits per heavy atom. The molecule has 0 saturated carbocycles. The van der Waals surface area contributed by atoms with E-state index < -0.39 is 0 Å². The van der Waals surface area contributed by atoms with Crippen LogP contribution in [0.15, 0.2) is 28.8 Å². The van der Waals surface area contributed by atoms with E-state index >= 15 is 0 Å². The van der Waals surface area contributed by atoms with Crippen LogP contribution in [0, 0.1) is 0 Å². The van der Waals surface area contributed by atoms with E-state index in [2.05, 4.69) is 21.1 Å². The summed E-state index contributed by atoms with van der Waals surface area (Å²) >= 11 is 0. The Kier molecular flexibility index (Phi) is 4.05. The summed E-state index contributed by atoms with van der Waals surface area (Å²) in [4.78, 5) is 6.67. The Hall–Kier alpha value is -1.76. The number of nitrogens with zero attached hydrogens (tertiary/aromatic N) is 3. The molecule has 2 heterocycles. The van der Waals surface area contributed by atoms with Gasteiger partial charge in [0.05, 0.1) is 19.8 Å². The molecule has 0 atom stereocenters. The smallest absolute Gasteiger partial charge is 0.240 e. The van der Waals surface area contributed by atoms with Crippen molar-refractivity contribution in [2.45, 2.75) is 13.1 Å². The zero-order valence-electron chi connectivity index (χ0n) is 11.3. The van der Waals surface area contributed by atoms with Gasteiger partial charge < -0.3 is 15.0 Å². The van der Waals surface area contributed by atoms with E-state index in [1.807, 2.05) is 18.2 Å². The molecule has 1 fully saturated rings. The first-order chi connectivity index (χ1) is 9.86. The summed E-state index contributed by atoms with van der Waals surface area (Å²) in [7, 11) is 0. The third-order valence-electron chi connectivity index (χ3n) is 3.40. The van der Waals surface area contributed by atoms with Crippen molar-refractivity contribution in [2.75, 3.05) is 26.3 Å². The summed E-state index contributed by atoms with van der Waals surface area (Å²) in [6.07, 6.45) is 0. The molecule has 1 aromatic heterocycles. The largest absolute Gasteiger partial charge is 0.379 e. The topological polar surface area (TPSA) is 77.4 Å². The minimum atomic E-state index is 0.263. The Balaban J connectivity index is 1.83. The lowest BCUT2D eigenvalue weighted by atomic mass is 10.1. The molecule has 0 radical (unpaired) electrons. The van der Waals surface area contributed by atoms with Crippen LogP contribution < -0.4 is 5.73 Å². The molecule has 6 nitrogen and oxygen atoms in total. The second kappa shape index (κ2) is 6.13. The van der Waals surface area contributed by atoms with E-state index in [1.165, 1.54) is 5.56 Å². The van der Waals surface area contributed by atoms with Gasteiger partial charge in [-0.15, -0.1) is 0 Å². The second-order valence-corrected chi connectivity index (χ2v) is 4.76. The van der Waals surface area contributed by atoms with Gasteiger partial charge in [0.2, 0.25) is 11.7 Å². The van der Waals surface area contributed by atoms with Crippen LogP contribution in [0.2, 0.25) is 0 Å². The lowest BCUT2D eigenvalue weighted by Crippen LogP contribution is -2.35. The van der Waals surface area contributed by atoms with Gasteiger partial charge in [0.15, 0.2) is 0 Å². The van der Waals surface area contributed by atoms with E-state index in [4.69, 9.17) is 15.0 Å². The van der Waals surface area contributed by atoms with E-state index in [-0.39, 0.29) is 6.54 Å². The zero-order chi connectivity index (χ0) is 13.8. The molecule has 1 aromatic carbocycles. The molecule has 0 aliphatic carbocycles. The van der Waals surface area contributed by atoms with Crippen molar-refractivity contribution in [1.82, 2.24) is 15.0 Å². The number of benzene rings is 1. The first kappa shape index (κ1) is 13.2. The lowest BCUT2D eigenvalue weighted by molar-refractivity contribution is 0.0342. The van der Waals surface area contributed by atoms with Crippen LogP contribution in [0.25, 0.3) is 11.4 Å². The first-order valence-electron chi connectivity index (χ1n) is 6.78. The number of aromatic nitrogens is 2. The molecule has 0 unspecified atom stereocenters. The molecule has 0 spiro atoms. The SMILES string of the molecule is NCc1nc(-c2ccccc2CN2CCOCC2)no1. The monoisotopic (exact) mass is 274 g/mol. The quantitative estimate of drug-likeness (QED) is 0.897. The molecule has 0 amide bonds. The van der Waals surface area contributed by atoms with Crippen LogP contribution in [-0.4, -0.2) is 41.3 Å². The molecule has 3 rings (SSSR count). The van der Waals surface area contributed by atoms with Crippen molar-refractivity contribution in [3.8, 4) is 11.4 Å². The van der Waals surface area contributed by atoms with Gasteiger partial charge in [-0.1, -0.05) is 29.4 Å². The van der Waals surface area contributed by atoms with Crippen LogP contribution in [0.4, 0.5) is 0 Å². The Labute approximate surface area is 117 Å². The van der Waals surface area contributed by atoms with Crippen molar-refractivity contribution in [3.63, 3.8) is 0 Å². The lowest BCUT2D eigenvalue weighted by Gasteiger charge is -2.27. The standard InChI is InChI=1S/C14H18N4O2/c15-9-13-16-14(17-20-13)12-4-2-1-3-11(12)10-18-5-7-19-8-6-18/h1-4H,5-10,15H2. The summed E-state index contributed by atoms with van der Waals surface area (Å²) in [6, 6.07) is 8.13. The van der Waals surface area contributed by atoms with Gasteiger partial charge in [-0.25, -0.2) is 0 Å². The maximum Gasteiger partial charge on any atom is 0.240 e. The van der Waals surface area contributed by atoms with Gasteiger partial charge in [0, 0.05) is 25.2 Å². The number of hydrogen-bond donors (Lipinski definition) is 1. The summed E-state index contributed by atoms with van der Waals surface area (Å²) < 4.78 is 10.5. The third-order valence-corrected chi connectivity index (χ3v) is 3.40. The van der Waals surface area contributed by atoms with Crippen LogP contribution in [-0.2, 0) is 17.8 Å². The maximum atomic E-state index is 5.51. The number of nitrogens with two attached hydrogens (primary N) is 1. The highest BCUT2D eigenvalue weighted by molar-refractivity contribution is 5.59. The van der Waals surface area contributed by atoms with Crippen molar-refractivity contribution in [2.24, 2.45) is 5.73 Å². The van der Waals surface area contributed by atoms with Crippen molar-refractivity contribution < 1.29 is 9.26 Å². The van der Waals surface area contributed by atoms with Gasteiger partial charge in [-0.05, 0) is 5.56 Å². The molecule has 2 aromatic rings. The van der Waals surface area contributed by atoms with Crippen LogP contribution in [0.3, 0.4) is 0 Å². The highest BCUT2D eigenvalue weighted by Gasteiger charge is 2.15. The number of hydrogen-bond acceptors (Lipinski definition) is 6. The predicted molar refractivity (Wildman–Crippen MR) is 73.7 cm³/mol. The molecule has 2 N–H and O–H groups in total. The average molecular weight is 274 g/mol. The Morgan fingerprint density at radius 2 is 2.00 bits per heavy atom. The minimum absolute atomic E-state index is 0.263. The zero-order valence-corrected chi connectivity index (χ0v) is 11.3. The van der Waals surface area contributed by atoms with Gasteiger partial charge in [-0.2, -0.15) is 4.98 Å². The molecule has 1 saturated heterocycles. The van der Waals surface area contributed by atoms with Gasteiger partial charge >= 0.3 is 0 Å². The fourth-order valence-electron chi connectivity index (χ4n) is 2.32. The summed E-state index contributed by atoms with van der Waals surface area (Å²) in [5.41, 5.74) is 7.71. The van der Waals surface area contributed by atoms with Gasteiger partial charge in [-0.3, -0.25) is 4.90 Å². The predicted octanol–water partition coefficient (Wildman–Crippen LogP) is 1.03. The highest BCUT2D eigenvalue weighted by atomic mass is 16.5. The van der Waals surface area contributed by atoms with E-state index in [0.717, 1.165) is 38.4 Å². The van der Waals surface area contributed by atoms with Crippen LogP contribution in [0.1, 0.15) is 11.5 Å². The molecule has 20 heavy (non-hydrogen) atoms. The number of morpholine rings is 1. The van der Waals surface area contributed by atoms with Crippen molar-refractivity contribution in [1.29, 1.82) is 0 Å².